The van der Waals surface area contributed by atoms with Crippen molar-refractivity contribution in [2.75, 3.05) is 5.32 Å². The van der Waals surface area contributed by atoms with E-state index in [4.69, 9.17) is 4.52 Å². The molecule has 3 rings (SSSR count). The summed E-state index contributed by atoms with van der Waals surface area (Å²) in [5, 5.41) is 7.16. The molecule has 0 saturated heterocycles. The van der Waals surface area contributed by atoms with Gasteiger partial charge >= 0.3 is 0 Å². The first-order valence-corrected chi connectivity index (χ1v) is 6.73. The molecule has 0 fully saturated rings. The van der Waals surface area contributed by atoms with E-state index in [2.05, 4.69) is 10.5 Å². The van der Waals surface area contributed by atoms with Gasteiger partial charge in [-0.2, -0.15) is 0 Å². The van der Waals surface area contributed by atoms with E-state index < -0.39 is 0 Å². The molecular formula is C17H15FN2O. The lowest BCUT2D eigenvalue weighted by Gasteiger charge is -2.04. The Balaban J connectivity index is 1.69. The highest BCUT2D eigenvalue weighted by molar-refractivity contribution is 5.58. The van der Waals surface area contributed by atoms with Crippen LogP contribution < -0.4 is 5.32 Å². The molecule has 21 heavy (non-hydrogen) atoms. The maximum absolute atomic E-state index is 13.5. The van der Waals surface area contributed by atoms with Crippen molar-refractivity contribution in [1.29, 1.82) is 0 Å². The number of anilines is 1. The van der Waals surface area contributed by atoms with E-state index in [1.54, 1.807) is 13.0 Å². The van der Waals surface area contributed by atoms with Crippen molar-refractivity contribution in [2.24, 2.45) is 0 Å². The number of hydrogen-bond donors (Lipinski definition) is 1. The molecule has 0 aliphatic carbocycles. The monoisotopic (exact) mass is 282 g/mol. The van der Waals surface area contributed by atoms with Crippen LogP contribution in [-0.4, -0.2) is 5.16 Å². The third-order valence-corrected chi connectivity index (χ3v) is 3.27. The largest absolute Gasteiger partial charge is 0.378 e. The third-order valence-electron chi connectivity index (χ3n) is 3.27. The molecule has 2 aromatic carbocycles. The van der Waals surface area contributed by atoms with E-state index >= 15 is 0 Å². The Hall–Kier alpha value is -2.62. The van der Waals surface area contributed by atoms with Crippen molar-refractivity contribution < 1.29 is 8.91 Å². The summed E-state index contributed by atoms with van der Waals surface area (Å²) < 4.78 is 18.7. The van der Waals surface area contributed by atoms with Crippen LogP contribution in [0.2, 0.25) is 0 Å². The van der Waals surface area contributed by atoms with Gasteiger partial charge in [-0.05, 0) is 24.6 Å². The van der Waals surface area contributed by atoms with Crippen LogP contribution >= 0.6 is 0 Å². The molecule has 1 aromatic heterocycles. The molecule has 3 aromatic rings. The Morgan fingerprint density at radius 2 is 1.90 bits per heavy atom. The van der Waals surface area contributed by atoms with Gasteiger partial charge in [0, 0.05) is 17.3 Å². The third kappa shape index (κ3) is 3.11. The summed E-state index contributed by atoms with van der Waals surface area (Å²) in [6.45, 7) is 2.20. The zero-order chi connectivity index (χ0) is 14.7. The molecule has 0 saturated carbocycles. The predicted molar refractivity (Wildman–Crippen MR) is 80.4 cm³/mol. The molecular weight excluding hydrogens is 267 g/mol. The molecule has 0 radical (unpaired) electrons. The Labute approximate surface area is 122 Å². The number of rotatable bonds is 4. The van der Waals surface area contributed by atoms with Crippen molar-refractivity contribution in [3.05, 3.63) is 71.7 Å². The van der Waals surface area contributed by atoms with Gasteiger partial charge in [-0.15, -0.1) is 0 Å². The molecule has 0 aliphatic rings. The molecule has 0 bridgehead atoms. The highest BCUT2D eigenvalue weighted by Gasteiger charge is 2.06. The quantitative estimate of drug-likeness (QED) is 0.770. The van der Waals surface area contributed by atoms with Crippen LogP contribution in [0.4, 0.5) is 10.1 Å². The summed E-state index contributed by atoms with van der Waals surface area (Å²) in [6.07, 6.45) is 0. The molecule has 1 N–H and O–H groups in total. The summed E-state index contributed by atoms with van der Waals surface area (Å²) >= 11 is 0. The fraction of sp³-hybridized carbons (Fsp3) is 0.118. The summed E-state index contributed by atoms with van der Waals surface area (Å²) in [4.78, 5) is 0. The Morgan fingerprint density at radius 1 is 1.10 bits per heavy atom. The van der Waals surface area contributed by atoms with Crippen molar-refractivity contribution in [2.45, 2.75) is 13.5 Å². The van der Waals surface area contributed by atoms with E-state index in [9.17, 15) is 4.39 Å². The van der Waals surface area contributed by atoms with Gasteiger partial charge in [0.25, 0.3) is 0 Å². The lowest BCUT2D eigenvalue weighted by molar-refractivity contribution is 0.390. The minimum absolute atomic E-state index is 0.220. The molecule has 0 unspecified atom stereocenters. The van der Waals surface area contributed by atoms with Gasteiger partial charge in [-0.3, -0.25) is 0 Å². The molecule has 0 aliphatic heterocycles. The van der Waals surface area contributed by atoms with E-state index in [0.717, 1.165) is 16.9 Å². The molecule has 3 nitrogen and oxygen atoms in total. The van der Waals surface area contributed by atoms with Crippen molar-refractivity contribution in [3.8, 4) is 11.3 Å². The summed E-state index contributed by atoms with van der Waals surface area (Å²) in [5.41, 5.74) is 3.15. The first kappa shape index (κ1) is 13.4. The van der Waals surface area contributed by atoms with Crippen LogP contribution in [0.5, 0.6) is 0 Å². The summed E-state index contributed by atoms with van der Waals surface area (Å²) in [7, 11) is 0. The predicted octanol–water partition coefficient (Wildman–Crippen LogP) is 4.40. The lowest BCUT2D eigenvalue weighted by atomic mass is 10.1. The molecule has 1 heterocycles. The first-order valence-electron chi connectivity index (χ1n) is 6.73. The number of nitrogens with zero attached hydrogens (tertiary/aromatic N) is 1. The zero-order valence-electron chi connectivity index (χ0n) is 11.6. The second kappa shape index (κ2) is 5.79. The summed E-state index contributed by atoms with van der Waals surface area (Å²) in [5.74, 6) is 0.484. The second-order valence-electron chi connectivity index (χ2n) is 4.86. The van der Waals surface area contributed by atoms with E-state index in [0.29, 0.717) is 17.9 Å². The Kier molecular flexibility index (Phi) is 3.69. The number of nitrogens with one attached hydrogen (secondary N) is 1. The van der Waals surface area contributed by atoms with Crippen molar-refractivity contribution >= 4 is 5.69 Å². The normalized spacial score (nSPS) is 10.6. The highest BCUT2D eigenvalue weighted by atomic mass is 19.1. The van der Waals surface area contributed by atoms with Crippen LogP contribution in [0, 0.1) is 12.7 Å². The Morgan fingerprint density at radius 3 is 2.67 bits per heavy atom. The molecule has 0 amide bonds. The highest BCUT2D eigenvalue weighted by Crippen LogP contribution is 2.20. The van der Waals surface area contributed by atoms with Crippen LogP contribution in [0.3, 0.4) is 0 Å². The average molecular weight is 282 g/mol. The standard InChI is InChI=1S/C17H15FN2O/c1-12-7-8-14(9-16(12)18)19-11-15-10-17(20-21-15)13-5-3-2-4-6-13/h2-10,19H,11H2,1H3. The van der Waals surface area contributed by atoms with Crippen LogP contribution in [0.15, 0.2) is 59.1 Å². The lowest BCUT2D eigenvalue weighted by Crippen LogP contribution is -1.98. The van der Waals surface area contributed by atoms with Crippen LogP contribution in [0.25, 0.3) is 11.3 Å². The maximum atomic E-state index is 13.5. The van der Waals surface area contributed by atoms with Crippen molar-refractivity contribution in [1.82, 2.24) is 5.16 Å². The fourth-order valence-electron chi connectivity index (χ4n) is 2.03. The van der Waals surface area contributed by atoms with Gasteiger partial charge in [0.05, 0.1) is 6.54 Å². The Bertz CT molecular complexity index is 738. The smallest absolute Gasteiger partial charge is 0.156 e. The minimum Gasteiger partial charge on any atom is -0.378 e. The number of hydrogen-bond acceptors (Lipinski definition) is 3. The number of aromatic nitrogens is 1. The van der Waals surface area contributed by atoms with Gasteiger partial charge in [-0.1, -0.05) is 41.6 Å². The average Bonchev–Trinajstić information content (AvgIpc) is 2.98. The topological polar surface area (TPSA) is 38.1 Å². The van der Waals surface area contributed by atoms with Crippen LogP contribution in [-0.2, 0) is 6.54 Å². The van der Waals surface area contributed by atoms with Gasteiger partial charge in [0.1, 0.15) is 11.5 Å². The maximum Gasteiger partial charge on any atom is 0.156 e. The molecule has 4 heteroatoms. The van der Waals surface area contributed by atoms with Gasteiger partial charge in [0.15, 0.2) is 5.76 Å². The van der Waals surface area contributed by atoms with Crippen molar-refractivity contribution in [3.63, 3.8) is 0 Å². The molecule has 106 valence electrons. The zero-order valence-corrected chi connectivity index (χ0v) is 11.6. The van der Waals surface area contributed by atoms with Gasteiger partial charge < -0.3 is 9.84 Å². The van der Waals surface area contributed by atoms with Gasteiger partial charge in [-0.25, -0.2) is 4.39 Å². The molecule has 0 atom stereocenters. The number of benzene rings is 2. The van der Waals surface area contributed by atoms with E-state index in [1.807, 2.05) is 42.5 Å². The minimum atomic E-state index is -0.220. The molecule has 0 spiro atoms. The van der Waals surface area contributed by atoms with Gasteiger partial charge in [0.2, 0.25) is 0 Å². The first-order chi connectivity index (χ1) is 10.2. The van der Waals surface area contributed by atoms with E-state index in [-0.39, 0.29) is 5.82 Å². The second-order valence-corrected chi connectivity index (χ2v) is 4.86. The van der Waals surface area contributed by atoms with E-state index in [1.165, 1.54) is 6.07 Å². The SMILES string of the molecule is Cc1ccc(NCc2cc(-c3ccccc3)no2)cc1F. The fourth-order valence-corrected chi connectivity index (χ4v) is 2.03. The number of halogens is 1. The van der Waals surface area contributed by atoms with Crippen LogP contribution in [0.1, 0.15) is 11.3 Å². The summed E-state index contributed by atoms with van der Waals surface area (Å²) in [6, 6.07) is 16.8. The number of aryl methyl sites for hydroxylation is 1.